The Labute approximate surface area is 141 Å². The molecule has 1 fully saturated rings. The van der Waals surface area contributed by atoms with Gasteiger partial charge in [-0.05, 0) is 43.7 Å². The lowest BCUT2D eigenvalue weighted by Gasteiger charge is -2.17. The van der Waals surface area contributed by atoms with Crippen molar-refractivity contribution in [1.29, 1.82) is 0 Å². The molecule has 5 heteroatoms. The van der Waals surface area contributed by atoms with Crippen LogP contribution in [-0.2, 0) is 4.79 Å². The predicted octanol–water partition coefficient (Wildman–Crippen LogP) is 2.54. The highest BCUT2D eigenvalue weighted by atomic mass is 16.5. The average molecular weight is 324 g/mol. The van der Waals surface area contributed by atoms with E-state index in [0.29, 0.717) is 24.3 Å². The number of carbonyl (C=O) groups excluding carboxylic acids is 2. The molecule has 0 radical (unpaired) electrons. The van der Waals surface area contributed by atoms with Crippen molar-refractivity contribution >= 4 is 17.5 Å². The standard InChI is InChI=1S/C19H20N2O3/c1-13-6-8-15(9-7-13)21-11-10-17(19(21)23)20-18(22)14-4-3-5-16(12-14)24-2/h3-9,12,17H,10-11H2,1-2H3,(H,20,22)/t17-/m0/s1. The Kier molecular flexibility index (Phi) is 4.51. The molecule has 1 aliphatic heterocycles. The fourth-order valence-electron chi connectivity index (χ4n) is 2.80. The summed E-state index contributed by atoms with van der Waals surface area (Å²) in [4.78, 5) is 26.7. The molecule has 1 N–H and O–H groups in total. The molecule has 0 bridgehead atoms. The maximum absolute atomic E-state index is 12.6. The number of rotatable bonds is 4. The normalized spacial score (nSPS) is 17.0. The highest BCUT2D eigenvalue weighted by molar-refractivity contribution is 6.04. The van der Waals surface area contributed by atoms with E-state index < -0.39 is 6.04 Å². The second-order valence-corrected chi connectivity index (χ2v) is 5.87. The van der Waals surface area contributed by atoms with Crippen LogP contribution in [0.5, 0.6) is 5.75 Å². The molecule has 2 amide bonds. The monoisotopic (exact) mass is 324 g/mol. The minimum Gasteiger partial charge on any atom is -0.497 e. The van der Waals surface area contributed by atoms with Crippen LogP contribution in [0, 0.1) is 6.92 Å². The van der Waals surface area contributed by atoms with Crippen LogP contribution in [-0.4, -0.2) is 31.5 Å². The molecule has 1 heterocycles. The lowest BCUT2D eigenvalue weighted by atomic mass is 10.1. The van der Waals surface area contributed by atoms with Gasteiger partial charge in [0.05, 0.1) is 7.11 Å². The van der Waals surface area contributed by atoms with Crippen molar-refractivity contribution in [1.82, 2.24) is 5.32 Å². The van der Waals surface area contributed by atoms with Crippen molar-refractivity contribution in [3.05, 3.63) is 59.7 Å². The minimum absolute atomic E-state index is 0.0740. The lowest BCUT2D eigenvalue weighted by Crippen LogP contribution is -2.41. The lowest BCUT2D eigenvalue weighted by molar-refractivity contribution is -0.118. The Bertz CT molecular complexity index is 755. The van der Waals surface area contributed by atoms with Gasteiger partial charge in [-0.25, -0.2) is 0 Å². The van der Waals surface area contributed by atoms with Crippen LogP contribution < -0.4 is 15.0 Å². The van der Waals surface area contributed by atoms with Crippen molar-refractivity contribution in [2.24, 2.45) is 0 Å². The number of hydrogen-bond acceptors (Lipinski definition) is 3. The third kappa shape index (κ3) is 3.25. The van der Waals surface area contributed by atoms with Crippen molar-refractivity contribution in [3.63, 3.8) is 0 Å². The Morgan fingerprint density at radius 3 is 2.67 bits per heavy atom. The van der Waals surface area contributed by atoms with E-state index in [2.05, 4.69) is 5.32 Å². The molecule has 1 saturated heterocycles. The Balaban J connectivity index is 1.69. The number of carbonyl (C=O) groups is 2. The molecule has 24 heavy (non-hydrogen) atoms. The summed E-state index contributed by atoms with van der Waals surface area (Å²) >= 11 is 0. The zero-order valence-corrected chi connectivity index (χ0v) is 13.8. The molecular weight excluding hydrogens is 304 g/mol. The first-order chi connectivity index (χ1) is 11.6. The molecule has 5 nitrogen and oxygen atoms in total. The third-order valence-corrected chi connectivity index (χ3v) is 4.19. The van der Waals surface area contributed by atoms with Gasteiger partial charge in [0.1, 0.15) is 11.8 Å². The Morgan fingerprint density at radius 2 is 1.96 bits per heavy atom. The second-order valence-electron chi connectivity index (χ2n) is 5.87. The zero-order chi connectivity index (χ0) is 17.1. The topological polar surface area (TPSA) is 58.6 Å². The first-order valence-electron chi connectivity index (χ1n) is 7.91. The summed E-state index contributed by atoms with van der Waals surface area (Å²) in [6, 6.07) is 14.2. The van der Waals surface area contributed by atoms with Crippen molar-refractivity contribution in [3.8, 4) is 5.75 Å². The SMILES string of the molecule is COc1cccc(C(=O)N[C@H]2CCN(c3ccc(C)cc3)C2=O)c1. The van der Waals surface area contributed by atoms with Gasteiger partial charge in [0.25, 0.3) is 5.91 Å². The molecule has 2 aromatic carbocycles. The van der Waals surface area contributed by atoms with Crippen LogP contribution in [0.2, 0.25) is 0 Å². The Hall–Kier alpha value is -2.82. The van der Waals surface area contributed by atoms with Gasteiger partial charge in [-0.3, -0.25) is 9.59 Å². The molecule has 0 saturated carbocycles. The number of benzene rings is 2. The van der Waals surface area contributed by atoms with Crippen LogP contribution in [0.25, 0.3) is 0 Å². The predicted molar refractivity (Wildman–Crippen MR) is 92.4 cm³/mol. The van der Waals surface area contributed by atoms with Crippen LogP contribution in [0.15, 0.2) is 48.5 Å². The van der Waals surface area contributed by atoms with Gasteiger partial charge < -0.3 is 15.0 Å². The summed E-state index contributed by atoms with van der Waals surface area (Å²) in [6.07, 6.45) is 0.600. The number of nitrogens with zero attached hydrogens (tertiary/aromatic N) is 1. The number of ether oxygens (including phenoxy) is 1. The molecule has 1 atom stereocenters. The summed E-state index contributed by atoms with van der Waals surface area (Å²) in [7, 11) is 1.55. The molecule has 2 aromatic rings. The number of anilines is 1. The summed E-state index contributed by atoms with van der Waals surface area (Å²) < 4.78 is 5.13. The largest absolute Gasteiger partial charge is 0.497 e. The number of amides is 2. The van der Waals surface area contributed by atoms with E-state index in [1.54, 1.807) is 36.3 Å². The first-order valence-corrected chi connectivity index (χ1v) is 7.91. The van der Waals surface area contributed by atoms with Crippen molar-refractivity contribution < 1.29 is 14.3 Å². The van der Waals surface area contributed by atoms with Gasteiger partial charge in [0.2, 0.25) is 5.91 Å². The first kappa shape index (κ1) is 16.1. The van der Waals surface area contributed by atoms with Crippen LogP contribution in [0.3, 0.4) is 0 Å². The number of aryl methyl sites for hydroxylation is 1. The van der Waals surface area contributed by atoms with Gasteiger partial charge in [-0.2, -0.15) is 0 Å². The van der Waals surface area contributed by atoms with Crippen LogP contribution in [0.1, 0.15) is 22.3 Å². The molecule has 1 aliphatic rings. The average Bonchev–Trinajstić information content (AvgIpc) is 2.96. The van der Waals surface area contributed by atoms with Gasteiger partial charge in [0.15, 0.2) is 0 Å². The zero-order valence-electron chi connectivity index (χ0n) is 13.8. The molecule has 0 aromatic heterocycles. The second kappa shape index (κ2) is 6.74. The number of hydrogen-bond donors (Lipinski definition) is 1. The van der Waals surface area contributed by atoms with E-state index in [4.69, 9.17) is 4.74 Å². The highest BCUT2D eigenvalue weighted by Gasteiger charge is 2.33. The van der Waals surface area contributed by atoms with Crippen LogP contribution >= 0.6 is 0 Å². The minimum atomic E-state index is -0.495. The van der Waals surface area contributed by atoms with E-state index >= 15 is 0 Å². The van der Waals surface area contributed by atoms with Gasteiger partial charge in [-0.15, -0.1) is 0 Å². The van der Waals surface area contributed by atoms with Gasteiger partial charge in [-0.1, -0.05) is 23.8 Å². The maximum Gasteiger partial charge on any atom is 0.252 e. The molecule has 124 valence electrons. The smallest absolute Gasteiger partial charge is 0.252 e. The molecule has 0 unspecified atom stereocenters. The quantitative estimate of drug-likeness (QED) is 0.940. The van der Waals surface area contributed by atoms with E-state index in [0.717, 1.165) is 11.3 Å². The molecule has 0 spiro atoms. The Morgan fingerprint density at radius 1 is 1.21 bits per heavy atom. The fourth-order valence-corrected chi connectivity index (χ4v) is 2.80. The van der Waals surface area contributed by atoms with E-state index in [9.17, 15) is 9.59 Å². The highest BCUT2D eigenvalue weighted by Crippen LogP contribution is 2.22. The fraction of sp³-hybridized carbons (Fsp3) is 0.263. The van der Waals surface area contributed by atoms with Gasteiger partial charge >= 0.3 is 0 Å². The summed E-state index contributed by atoms with van der Waals surface area (Å²) in [5.41, 5.74) is 2.49. The van der Waals surface area contributed by atoms with Crippen molar-refractivity contribution in [2.75, 3.05) is 18.6 Å². The van der Waals surface area contributed by atoms with E-state index in [1.165, 1.54) is 0 Å². The van der Waals surface area contributed by atoms with E-state index in [-0.39, 0.29) is 11.8 Å². The maximum atomic E-state index is 12.6. The molecule has 0 aliphatic carbocycles. The van der Waals surface area contributed by atoms with Crippen molar-refractivity contribution in [2.45, 2.75) is 19.4 Å². The third-order valence-electron chi connectivity index (χ3n) is 4.19. The molecule has 3 rings (SSSR count). The summed E-state index contributed by atoms with van der Waals surface area (Å²) in [5.74, 6) is 0.273. The van der Waals surface area contributed by atoms with E-state index in [1.807, 2.05) is 31.2 Å². The summed E-state index contributed by atoms with van der Waals surface area (Å²) in [6.45, 7) is 2.61. The summed E-state index contributed by atoms with van der Waals surface area (Å²) in [5, 5.41) is 2.82. The number of nitrogens with one attached hydrogen (secondary N) is 1. The van der Waals surface area contributed by atoms with Crippen LogP contribution in [0.4, 0.5) is 5.69 Å². The van der Waals surface area contributed by atoms with Gasteiger partial charge in [0, 0.05) is 17.8 Å². The number of methoxy groups -OCH3 is 1. The molecular formula is C19H20N2O3.